The van der Waals surface area contributed by atoms with E-state index in [-0.39, 0.29) is 0 Å². The third-order valence-corrected chi connectivity index (χ3v) is 2.38. The summed E-state index contributed by atoms with van der Waals surface area (Å²) in [6.45, 7) is 6.04. The first-order valence-corrected chi connectivity index (χ1v) is 5.71. The van der Waals surface area contributed by atoms with Crippen molar-refractivity contribution in [2.75, 3.05) is 0 Å². The summed E-state index contributed by atoms with van der Waals surface area (Å²) in [5, 5.41) is 13.0. The highest BCUT2D eigenvalue weighted by molar-refractivity contribution is 5.66. The molecule has 3 nitrogen and oxygen atoms in total. The lowest BCUT2D eigenvalue weighted by Crippen LogP contribution is -1.94. The van der Waals surface area contributed by atoms with E-state index < -0.39 is 0 Å². The van der Waals surface area contributed by atoms with Crippen LogP contribution in [0.25, 0.3) is 11.3 Å². The molecular formula is C14H17N3. The van der Waals surface area contributed by atoms with Crippen molar-refractivity contribution in [3.63, 3.8) is 0 Å². The normalized spacial score (nSPS) is 9.12. The van der Waals surface area contributed by atoms with E-state index in [1.54, 1.807) is 10.9 Å². The van der Waals surface area contributed by atoms with Crippen LogP contribution in [0, 0.1) is 18.3 Å². The molecule has 1 aromatic heterocycles. The summed E-state index contributed by atoms with van der Waals surface area (Å²) >= 11 is 0. The van der Waals surface area contributed by atoms with E-state index in [4.69, 9.17) is 5.26 Å². The van der Waals surface area contributed by atoms with Crippen LogP contribution in [0.5, 0.6) is 0 Å². The Hall–Kier alpha value is -2.08. The minimum atomic E-state index is 0.612. The average molecular weight is 227 g/mol. The molecule has 0 aliphatic rings. The third-order valence-electron chi connectivity index (χ3n) is 2.38. The number of aryl methyl sites for hydroxylation is 2. The van der Waals surface area contributed by atoms with Crippen LogP contribution >= 0.6 is 0 Å². The molecule has 2 aromatic rings. The predicted molar refractivity (Wildman–Crippen MR) is 69.4 cm³/mol. The minimum absolute atomic E-state index is 0.612. The summed E-state index contributed by atoms with van der Waals surface area (Å²) in [6.07, 6.45) is 1.59. The summed E-state index contributed by atoms with van der Waals surface area (Å²) < 4.78 is 1.73. The molecule has 0 saturated carbocycles. The Labute approximate surface area is 102 Å². The van der Waals surface area contributed by atoms with Crippen LogP contribution in [0.4, 0.5) is 0 Å². The van der Waals surface area contributed by atoms with Crippen molar-refractivity contribution < 1.29 is 0 Å². The van der Waals surface area contributed by atoms with E-state index in [0.29, 0.717) is 5.56 Å². The molecule has 0 bridgehead atoms. The van der Waals surface area contributed by atoms with Crippen LogP contribution in [0.1, 0.15) is 25.0 Å². The van der Waals surface area contributed by atoms with E-state index in [0.717, 1.165) is 11.3 Å². The smallest absolute Gasteiger partial charge is 0.103 e. The lowest BCUT2D eigenvalue weighted by atomic mass is 10.1. The van der Waals surface area contributed by atoms with Gasteiger partial charge in [-0.15, -0.1) is 0 Å². The van der Waals surface area contributed by atoms with Crippen molar-refractivity contribution in [3.8, 4) is 17.3 Å². The molecule has 0 aliphatic heterocycles. The Balaban J connectivity index is 0.000000686. The van der Waals surface area contributed by atoms with Gasteiger partial charge >= 0.3 is 0 Å². The Morgan fingerprint density at radius 3 is 2.29 bits per heavy atom. The Kier molecular flexibility index (Phi) is 4.47. The molecule has 0 saturated heterocycles. The molecule has 0 fully saturated rings. The number of benzene rings is 1. The highest BCUT2D eigenvalue weighted by atomic mass is 15.3. The number of hydrogen-bond acceptors (Lipinski definition) is 2. The standard InChI is InChI=1S/C12H11N3.C2H6/c1-9-3-5-10(6-4-9)12-11(7-13)8-14-15(12)2;1-2/h3-6,8H,1-2H3;1-2H3. The van der Waals surface area contributed by atoms with E-state index in [9.17, 15) is 0 Å². The molecule has 2 rings (SSSR count). The first kappa shape index (κ1) is 13.0. The zero-order valence-electron chi connectivity index (χ0n) is 10.7. The largest absolute Gasteiger partial charge is 0.267 e. The zero-order valence-corrected chi connectivity index (χ0v) is 10.7. The maximum absolute atomic E-state index is 8.94. The molecule has 0 atom stereocenters. The van der Waals surface area contributed by atoms with Gasteiger partial charge in [-0.3, -0.25) is 4.68 Å². The second-order valence-corrected chi connectivity index (χ2v) is 3.51. The Morgan fingerprint density at radius 1 is 1.18 bits per heavy atom. The van der Waals surface area contributed by atoms with Crippen LogP contribution in [0.15, 0.2) is 30.5 Å². The first-order valence-electron chi connectivity index (χ1n) is 5.71. The second kappa shape index (κ2) is 5.86. The fraction of sp³-hybridized carbons (Fsp3) is 0.286. The van der Waals surface area contributed by atoms with Gasteiger partial charge < -0.3 is 0 Å². The summed E-state index contributed by atoms with van der Waals surface area (Å²) in [6, 6.07) is 10.2. The average Bonchev–Trinajstić information content (AvgIpc) is 2.74. The van der Waals surface area contributed by atoms with Gasteiger partial charge in [0.15, 0.2) is 0 Å². The summed E-state index contributed by atoms with van der Waals surface area (Å²) in [4.78, 5) is 0. The Morgan fingerprint density at radius 2 is 1.76 bits per heavy atom. The highest BCUT2D eigenvalue weighted by Gasteiger charge is 2.09. The molecular weight excluding hydrogens is 210 g/mol. The van der Waals surface area contributed by atoms with Crippen molar-refractivity contribution in [1.82, 2.24) is 9.78 Å². The highest BCUT2D eigenvalue weighted by Crippen LogP contribution is 2.22. The summed E-state index contributed by atoms with van der Waals surface area (Å²) in [7, 11) is 1.84. The lowest BCUT2D eigenvalue weighted by Gasteiger charge is -2.03. The van der Waals surface area contributed by atoms with Crippen LogP contribution in [0.3, 0.4) is 0 Å². The van der Waals surface area contributed by atoms with E-state index in [1.165, 1.54) is 5.56 Å². The van der Waals surface area contributed by atoms with Gasteiger partial charge in [-0.25, -0.2) is 0 Å². The molecule has 0 N–H and O–H groups in total. The molecule has 1 aromatic carbocycles. The number of nitrogens with zero attached hydrogens (tertiary/aromatic N) is 3. The molecule has 0 radical (unpaired) electrons. The monoisotopic (exact) mass is 227 g/mol. The summed E-state index contributed by atoms with van der Waals surface area (Å²) in [5.74, 6) is 0. The van der Waals surface area contributed by atoms with Crippen molar-refractivity contribution >= 4 is 0 Å². The van der Waals surface area contributed by atoms with Gasteiger partial charge in [0, 0.05) is 12.6 Å². The van der Waals surface area contributed by atoms with Crippen molar-refractivity contribution in [3.05, 3.63) is 41.6 Å². The van der Waals surface area contributed by atoms with Gasteiger partial charge in [-0.05, 0) is 6.92 Å². The molecule has 0 amide bonds. The van der Waals surface area contributed by atoms with Gasteiger partial charge in [0.1, 0.15) is 6.07 Å². The minimum Gasteiger partial charge on any atom is -0.267 e. The van der Waals surface area contributed by atoms with Crippen LogP contribution < -0.4 is 0 Å². The number of rotatable bonds is 1. The lowest BCUT2D eigenvalue weighted by molar-refractivity contribution is 0.776. The molecule has 0 aliphatic carbocycles. The molecule has 0 spiro atoms. The fourth-order valence-electron chi connectivity index (χ4n) is 1.57. The number of aromatic nitrogens is 2. The van der Waals surface area contributed by atoms with Crippen molar-refractivity contribution in [2.24, 2.45) is 7.05 Å². The topological polar surface area (TPSA) is 41.6 Å². The van der Waals surface area contributed by atoms with Gasteiger partial charge in [-0.1, -0.05) is 43.7 Å². The molecule has 0 unspecified atom stereocenters. The van der Waals surface area contributed by atoms with Gasteiger partial charge in [0.05, 0.1) is 17.5 Å². The van der Waals surface area contributed by atoms with Crippen LogP contribution in [-0.2, 0) is 7.05 Å². The van der Waals surface area contributed by atoms with Gasteiger partial charge in [0.2, 0.25) is 0 Å². The van der Waals surface area contributed by atoms with Crippen molar-refractivity contribution in [1.29, 1.82) is 5.26 Å². The predicted octanol–water partition coefficient (Wildman–Crippen LogP) is 3.29. The third kappa shape index (κ3) is 2.73. The first-order chi connectivity index (χ1) is 8.22. The van der Waals surface area contributed by atoms with Crippen LogP contribution in [0.2, 0.25) is 0 Å². The van der Waals surface area contributed by atoms with E-state index in [1.807, 2.05) is 52.1 Å². The molecule has 17 heavy (non-hydrogen) atoms. The SMILES string of the molecule is CC.Cc1ccc(-c2c(C#N)cnn2C)cc1. The maximum Gasteiger partial charge on any atom is 0.103 e. The van der Waals surface area contributed by atoms with Gasteiger partial charge in [-0.2, -0.15) is 10.4 Å². The van der Waals surface area contributed by atoms with E-state index >= 15 is 0 Å². The molecule has 3 heteroatoms. The molecule has 1 heterocycles. The maximum atomic E-state index is 8.94. The fourth-order valence-corrected chi connectivity index (χ4v) is 1.57. The Bertz CT molecular complexity index is 515. The second-order valence-electron chi connectivity index (χ2n) is 3.51. The quantitative estimate of drug-likeness (QED) is 0.750. The van der Waals surface area contributed by atoms with Gasteiger partial charge in [0.25, 0.3) is 0 Å². The number of nitriles is 1. The van der Waals surface area contributed by atoms with Crippen molar-refractivity contribution in [2.45, 2.75) is 20.8 Å². The van der Waals surface area contributed by atoms with Crippen LogP contribution in [-0.4, -0.2) is 9.78 Å². The van der Waals surface area contributed by atoms with E-state index in [2.05, 4.69) is 11.2 Å². The molecule has 88 valence electrons. The zero-order chi connectivity index (χ0) is 12.8. The summed E-state index contributed by atoms with van der Waals surface area (Å²) in [5.41, 5.74) is 3.72. The number of hydrogen-bond donors (Lipinski definition) is 0.